The van der Waals surface area contributed by atoms with Gasteiger partial charge >= 0.3 is 0 Å². The first-order valence-electron chi connectivity index (χ1n) is 29.0. The molecule has 0 bridgehead atoms. The molecule has 6 heterocycles. The summed E-state index contributed by atoms with van der Waals surface area (Å²) in [5.74, 6) is -1.33. The van der Waals surface area contributed by atoms with E-state index >= 15 is 0 Å². The van der Waals surface area contributed by atoms with Crippen molar-refractivity contribution in [3.63, 3.8) is 0 Å². The van der Waals surface area contributed by atoms with E-state index in [1.54, 1.807) is 34.1 Å². The summed E-state index contributed by atoms with van der Waals surface area (Å²) < 4.78 is 39.3. The summed E-state index contributed by atoms with van der Waals surface area (Å²) in [4.78, 5) is 72.0. The Balaban J connectivity index is 0.836. The minimum absolute atomic E-state index is 0.0896. The molecule has 4 N–H and O–H groups in total. The van der Waals surface area contributed by atoms with Crippen LogP contribution in [0.5, 0.6) is 0 Å². The standard InChI is InChI=1S/C62H82F2N10O6/c1-41-31-71(51(29-67-41)33-69-21-23-79-37-43(69)3)35-57(75)73-39-61(5,53-17-11-47(27-55(53)73)25-45-7-13-49(63)14-8-45)59(77)65-19-20-66-60(78)62(6)40-74(56-28-48(12-18-54(56)62)26-46-9-15-50(64)16-10-46)58(76)36-72-32-42(2)68-30-52(72)34-70-22-24-80-38-44(70)4/h7-18,27-28,41-44,51-52,67-68H,19-26,29-40H2,1-6H3,(H,65,77)(H,66,78)/t41?,42?,43?,44?,51-,52-,61?,62?/m1/s1. The van der Waals surface area contributed by atoms with Crippen molar-refractivity contribution in [2.45, 2.75) is 101 Å². The van der Waals surface area contributed by atoms with Crippen LogP contribution < -0.4 is 31.1 Å². The molecular weight excluding hydrogens is 1020 g/mol. The monoisotopic (exact) mass is 1100 g/mol. The van der Waals surface area contributed by atoms with E-state index in [4.69, 9.17) is 9.47 Å². The Morgan fingerprint density at radius 2 is 0.950 bits per heavy atom. The van der Waals surface area contributed by atoms with Gasteiger partial charge in [-0.25, -0.2) is 8.78 Å². The second kappa shape index (κ2) is 24.8. The van der Waals surface area contributed by atoms with E-state index in [2.05, 4.69) is 68.6 Å². The van der Waals surface area contributed by atoms with Gasteiger partial charge in [-0.05, 0) is 124 Å². The van der Waals surface area contributed by atoms with Crippen LogP contribution in [0.4, 0.5) is 20.2 Å². The highest BCUT2D eigenvalue weighted by atomic mass is 19.1. The van der Waals surface area contributed by atoms with Gasteiger partial charge in [0, 0.05) is 126 Å². The molecule has 0 aromatic heterocycles. The van der Waals surface area contributed by atoms with Gasteiger partial charge in [-0.2, -0.15) is 0 Å². The summed E-state index contributed by atoms with van der Waals surface area (Å²) in [5.41, 5.74) is 4.32. The Hall–Kier alpha value is -5.70. The molecule has 0 saturated carbocycles. The average Bonchev–Trinajstić information content (AvgIpc) is 3.95. The zero-order valence-corrected chi connectivity index (χ0v) is 47.6. The van der Waals surface area contributed by atoms with Gasteiger partial charge in [-0.3, -0.25) is 38.8 Å². The second-order valence-corrected chi connectivity index (χ2v) is 24.1. The fraction of sp³-hybridized carbons (Fsp3) is 0.548. The van der Waals surface area contributed by atoms with Gasteiger partial charge in [0.05, 0.1) is 50.3 Å². The summed E-state index contributed by atoms with van der Waals surface area (Å²) in [6.07, 6.45) is 1.04. The number of benzene rings is 4. The predicted molar refractivity (Wildman–Crippen MR) is 306 cm³/mol. The summed E-state index contributed by atoms with van der Waals surface area (Å²) >= 11 is 0. The first kappa shape index (κ1) is 57.5. The van der Waals surface area contributed by atoms with E-state index in [1.807, 2.05) is 50.2 Å². The fourth-order valence-corrected chi connectivity index (χ4v) is 12.9. The van der Waals surface area contributed by atoms with Gasteiger partial charge in [0.25, 0.3) is 0 Å². The largest absolute Gasteiger partial charge is 0.379 e. The molecule has 6 unspecified atom stereocenters. The number of carbonyl (C=O) groups is 4. The van der Waals surface area contributed by atoms with Gasteiger partial charge < -0.3 is 40.5 Å². The number of carbonyl (C=O) groups excluding carboxylic acids is 4. The molecule has 4 aromatic carbocycles. The van der Waals surface area contributed by atoms with Gasteiger partial charge in [0.1, 0.15) is 11.6 Å². The van der Waals surface area contributed by atoms with Crippen LogP contribution >= 0.6 is 0 Å². The number of ether oxygens (including phenoxy) is 2. The van der Waals surface area contributed by atoms with Gasteiger partial charge in [0.2, 0.25) is 23.6 Å². The molecular formula is C62H82F2N10O6. The molecule has 18 heteroatoms. The molecule has 4 saturated heterocycles. The lowest BCUT2D eigenvalue weighted by Gasteiger charge is -2.43. The minimum atomic E-state index is -1.12. The summed E-state index contributed by atoms with van der Waals surface area (Å²) in [5, 5.41) is 13.5. The lowest BCUT2D eigenvalue weighted by atomic mass is 9.82. The number of fused-ring (bicyclic) bond motifs is 2. The van der Waals surface area contributed by atoms with Crippen LogP contribution in [0.2, 0.25) is 0 Å². The number of hydrogen-bond acceptors (Lipinski definition) is 12. The maximum absolute atomic E-state index is 14.8. The van der Waals surface area contributed by atoms with Gasteiger partial charge in [0.15, 0.2) is 0 Å². The number of nitrogens with one attached hydrogen (secondary N) is 4. The zero-order chi connectivity index (χ0) is 56.3. The summed E-state index contributed by atoms with van der Waals surface area (Å²) in [7, 11) is 0. The number of amides is 4. The van der Waals surface area contributed by atoms with E-state index in [0.29, 0.717) is 63.7 Å². The number of anilines is 2. The number of halogens is 2. The SMILES string of the molecule is CC1CN(CC(=O)N2CC(C)(C(=O)NCCNC(=O)C3(C)CN(C(=O)CN4CC(C)NC[C@@H]4CN4CCOCC4C)c4cc(Cc5ccc(F)cc5)ccc43)c3ccc(Cc4ccc(F)cc4)cc32)[C@@H](CN2CCOCC2C)CN1. The van der Waals surface area contributed by atoms with Crippen molar-refractivity contribution < 1.29 is 37.4 Å². The maximum atomic E-state index is 14.8. The second-order valence-electron chi connectivity index (χ2n) is 24.1. The molecule has 10 rings (SSSR count). The van der Waals surface area contributed by atoms with Crippen LogP contribution in [-0.4, -0.2) is 198 Å². The number of morpholine rings is 2. The van der Waals surface area contributed by atoms with Crippen molar-refractivity contribution in [3.05, 3.63) is 130 Å². The third-order valence-corrected chi connectivity index (χ3v) is 17.8. The maximum Gasteiger partial charge on any atom is 0.241 e. The van der Waals surface area contributed by atoms with Crippen LogP contribution in [0.1, 0.15) is 74.9 Å². The molecule has 8 atom stereocenters. The topological polar surface area (TPSA) is 154 Å². The van der Waals surface area contributed by atoms with Crippen LogP contribution in [0, 0.1) is 11.6 Å². The summed E-state index contributed by atoms with van der Waals surface area (Å²) in [6.45, 7) is 22.2. The molecule has 6 aliphatic heterocycles. The highest BCUT2D eigenvalue weighted by Gasteiger charge is 2.49. The van der Waals surface area contributed by atoms with Gasteiger partial charge in [-0.1, -0.05) is 48.5 Å². The van der Waals surface area contributed by atoms with Crippen molar-refractivity contribution in [2.75, 3.05) is 128 Å². The Morgan fingerprint density at radius 3 is 1.34 bits per heavy atom. The molecule has 0 radical (unpaired) electrons. The Bertz CT molecular complexity index is 2670. The lowest BCUT2D eigenvalue weighted by molar-refractivity contribution is -0.128. The fourth-order valence-electron chi connectivity index (χ4n) is 12.9. The van der Waals surface area contributed by atoms with Crippen LogP contribution in [0.15, 0.2) is 84.9 Å². The number of piperazine rings is 2. The summed E-state index contributed by atoms with van der Waals surface area (Å²) in [6, 6.07) is 25.8. The predicted octanol–water partition coefficient (Wildman–Crippen LogP) is 4.05. The van der Waals surface area contributed by atoms with Crippen LogP contribution in [0.25, 0.3) is 0 Å². The van der Waals surface area contributed by atoms with Gasteiger partial charge in [-0.15, -0.1) is 0 Å². The quantitative estimate of drug-likeness (QED) is 0.113. The van der Waals surface area contributed by atoms with Crippen LogP contribution in [-0.2, 0) is 52.3 Å². The van der Waals surface area contributed by atoms with Crippen molar-refractivity contribution in [1.29, 1.82) is 0 Å². The van der Waals surface area contributed by atoms with Crippen molar-refractivity contribution in [2.24, 2.45) is 0 Å². The smallest absolute Gasteiger partial charge is 0.241 e. The molecule has 80 heavy (non-hydrogen) atoms. The highest BCUT2D eigenvalue weighted by Crippen LogP contribution is 2.44. The molecule has 4 amide bonds. The Morgan fingerprint density at radius 1 is 0.562 bits per heavy atom. The number of hydrogen-bond donors (Lipinski definition) is 4. The van der Waals surface area contributed by atoms with Crippen molar-refractivity contribution in [1.82, 2.24) is 40.9 Å². The van der Waals surface area contributed by atoms with E-state index in [9.17, 15) is 28.0 Å². The molecule has 4 fully saturated rings. The molecule has 0 spiro atoms. The zero-order valence-electron chi connectivity index (χ0n) is 47.6. The van der Waals surface area contributed by atoms with Crippen LogP contribution in [0.3, 0.4) is 0 Å². The first-order valence-corrected chi connectivity index (χ1v) is 29.0. The van der Waals surface area contributed by atoms with Crippen molar-refractivity contribution >= 4 is 35.0 Å². The van der Waals surface area contributed by atoms with E-state index in [-0.39, 0.29) is 111 Å². The Kier molecular flexibility index (Phi) is 17.8. The first-order chi connectivity index (χ1) is 38.4. The minimum Gasteiger partial charge on any atom is -0.379 e. The normalized spacial score (nSPS) is 27.6. The molecule has 16 nitrogen and oxygen atoms in total. The number of rotatable bonds is 17. The highest BCUT2D eigenvalue weighted by molar-refractivity contribution is 6.04. The van der Waals surface area contributed by atoms with E-state index in [1.165, 1.54) is 24.3 Å². The third-order valence-electron chi connectivity index (χ3n) is 17.8. The van der Waals surface area contributed by atoms with E-state index in [0.717, 1.165) is 72.6 Å². The van der Waals surface area contributed by atoms with Crippen molar-refractivity contribution in [3.8, 4) is 0 Å². The molecule has 0 aliphatic carbocycles. The molecule has 6 aliphatic rings. The number of nitrogens with zero attached hydrogens (tertiary/aromatic N) is 6. The molecule has 4 aromatic rings. The lowest BCUT2D eigenvalue weighted by Crippen LogP contribution is -2.62. The molecule has 430 valence electrons. The van der Waals surface area contributed by atoms with E-state index < -0.39 is 10.8 Å². The Labute approximate surface area is 470 Å². The third kappa shape index (κ3) is 12.8. The average molecular weight is 1100 g/mol.